The Labute approximate surface area is 105 Å². The Morgan fingerprint density at radius 1 is 1.12 bits per heavy atom. The fourth-order valence-corrected chi connectivity index (χ4v) is 1.91. The third kappa shape index (κ3) is 3.44. The van der Waals surface area contributed by atoms with E-state index in [4.69, 9.17) is 10.5 Å². The first kappa shape index (κ1) is 14.5. The van der Waals surface area contributed by atoms with Crippen LogP contribution in [0.2, 0.25) is 0 Å². The van der Waals surface area contributed by atoms with Crippen molar-refractivity contribution >= 4 is 5.97 Å². The minimum absolute atomic E-state index is 0.0975. The lowest BCUT2D eigenvalue weighted by molar-refractivity contribution is -0.164. The topological polar surface area (TPSA) is 52.3 Å². The Morgan fingerprint density at radius 2 is 1.59 bits per heavy atom. The van der Waals surface area contributed by atoms with Crippen LogP contribution in [0.1, 0.15) is 60.3 Å². The van der Waals surface area contributed by atoms with Gasteiger partial charge in [0.1, 0.15) is 6.10 Å². The number of carbonyl (C=O) groups excluding carboxylic acids is 1. The standard InChI is InChI=1S/C14H27NO2/c1-10-6-8-11(9-7-10)17-12(16)13(2,3)14(4,5)15/h10-11H,6-9,15H2,1-5H3. The molecule has 0 aromatic heterocycles. The van der Waals surface area contributed by atoms with Crippen LogP contribution in [0.3, 0.4) is 0 Å². The number of rotatable bonds is 3. The lowest BCUT2D eigenvalue weighted by Gasteiger charge is -2.38. The van der Waals surface area contributed by atoms with Gasteiger partial charge in [0, 0.05) is 5.54 Å². The summed E-state index contributed by atoms with van der Waals surface area (Å²) >= 11 is 0. The average molecular weight is 241 g/mol. The van der Waals surface area contributed by atoms with E-state index < -0.39 is 11.0 Å². The first-order valence-corrected chi connectivity index (χ1v) is 6.64. The van der Waals surface area contributed by atoms with Crippen molar-refractivity contribution in [1.29, 1.82) is 0 Å². The molecule has 0 unspecified atom stereocenters. The molecule has 100 valence electrons. The molecular formula is C14H27NO2. The molecule has 3 nitrogen and oxygen atoms in total. The predicted octanol–water partition coefficient (Wildman–Crippen LogP) is 2.87. The Kier molecular flexibility index (Phi) is 4.23. The van der Waals surface area contributed by atoms with Gasteiger partial charge in [-0.25, -0.2) is 0 Å². The maximum Gasteiger partial charge on any atom is 0.313 e. The van der Waals surface area contributed by atoms with Crippen LogP contribution in [0.5, 0.6) is 0 Å². The van der Waals surface area contributed by atoms with Crippen LogP contribution in [0.15, 0.2) is 0 Å². The van der Waals surface area contributed by atoms with Crippen molar-refractivity contribution in [3.8, 4) is 0 Å². The molecule has 1 rings (SSSR count). The van der Waals surface area contributed by atoms with Gasteiger partial charge in [-0.05, 0) is 59.3 Å². The summed E-state index contributed by atoms with van der Waals surface area (Å²) in [5.74, 6) is 0.605. The van der Waals surface area contributed by atoms with E-state index in [1.54, 1.807) is 0 Å². The van der Waals surface area contributed by atoms with E-state index in [2.05, 4.69) is 6.92 Å². The maximum absolute atomic E-state index is 12.2. The van der Waals surface area contributed by atoms with Gasteiger partial charge in [-0.2, -0.15) is 0 Å². The molecule has 0 spiro atoms. The number of hydrogen-bond donors (Lipinski definition) is 1. The highest BCUT2D eigenvalue weighted by atomic mass is 16.5. The van der Waals surface area contributed by atoms with Crippen molar-refractivity contribution in [1.82, 2.24) is 0 Å². The maximum atomic E-state index is 12.2. The summed E-state index contributed by atoms with van der Waals surface area (Å²) < 4.78 is 5.61. The van der Waals surface area contributed by atoms with Gasteiger partial charge < -0.3 is 10.5 Å². The molecule has 1 aliphatic rings. The van der Waals surface area contributed by atoms with Gasteiger partial charge in [-0.15, -0.1) is 0 Å². The highest BCUT2D eigenvalue weighted by Crippen LogP contribution is 2.32. The number of nitrogens with two attached hydrogens (primary N) is 1. The zero-order chi connectivity index (χ0) is 13.3. The molecule has 0 heterocycles. The molecule has 1 fully saturated rings. The van der Waals surface area contributed by atoms with Crippen molar-refractivity contribution in [3.05, 3.63) is 0 Å². The average Bonchev–Trinajstić information content (AvgIpc) is 2.19. The van der Waals surface area contributed by atoms with E-state index in [0.29, 0.717) is 0 Å². The van der Waals surface area contributed by atoms with Gasteiger partial charge in [0.25, 0.3) is 0 Å². The Bertz CT molecular complexity index is 270. The third-order valence-electron chi connectivity index (χ3n) is 4.36. The Hall–Kier alpha value is -0.570. The van der Waals surface area contributed by atoms with Crippen molar-refractivity contribution in [2.75, 3.05) is 0 Å². The summed E-state index contributed by atoms with van der Waals surface area (Å²) in [5.41, 5.74) is 4.83. The zero-order valence-corrected chi connectivity index (χ0v) is 11.9. The van der Waals surface area contributed by atoms with Crippen molar-refractivity contribution in [2.24, 2.45) is 17.1 Å². The Balaban J connectivity index is 2.55. The van der Waals surface area contributed by atoms with Crippen LogP contribution < -0.4 is 5.73 Å². The smallest absolute Gasteiger partial charge is 0.313 e. The molecule has 0 saturated heterocycles. The lowest BCUT2D eigenvalue weighted by Crippen LogP contribution is -2.53. The molecule has 0 amide bonds. The predicted molar refractivity (Wildman–Crippen MR) is 69.6 cm³/mol. The van der Waals surface area contributed by atoms with Gasteiger partial charge in [0.2, 0.25) is 0 Å². The third-order valence-corrected chi connectivity index (χ3v) is 4.36. The van der Waals surface area contributed by atoms with Gasteiger partial charge >= 0.3 is 5.97 Å². The fourth-order valence-electron chi connectivity index (χ4n) is 1.91. The van der Waals surface area contributed by atoms with E-state index in [1.807, 2.05) is 27.7 Å². The molecular weight excluding hydrogens is 214 g/mol. The molecule has 3 heteroatoms. The largest absolute Gasteiger partial charge is 0.462 e. The molecule has 1 saturated carbocycles. The molecule has 1 aliphatic carbocycles. The second-order valence-corrected chi connectivity index (χ2v) is 6.63. The summed E-state index contributed by atoms with van der Waals surface area (Å²) in [6, 6.07) is 0. The van der Waals surface area contributed by atoms with Crippen LogP contribution >= 0.6 is 0 Å². The molecule has 0 aliphatic heterocycles. The molecule has 2 N–H and O–H groups in total. The van der Waals surface area contributed by atoms with E-state index in [-0.39, 0.29) is 12.1 Å². The van der Waals surface area contributed by atoms with Crippen molar-refractivity contribution < 1.29 is 9.53 Å². The lowest BCUT2D eigenvalue weighted by atomic mass is 9.75. The first-order valence-electron chi connectivity index (χ1n) is 6.64. The van der Waals surface area contributed by atoms with Gasteiger partial charge in [0.05, 0.1) is 5.41 Å². The molecule has 0 aromatic carbocycles. The van der Waals surface area contributed by atoms with Gasteiger partial charge in [0.15, 0.2) is 0 Å². The minimum atomic E-state index is -0.643. The Morgan fingerprint density at radius 3 is 2.00 bits per heavy atom. The van der Waals surface area contributed by atoms with E-state index >= 15 is 0 Å². The second kappa shape index (κ2) is 4.97. The molecule has 0 bridgehead atoms. The summed E-state index contributed by atoms with van der Waals surface area (Å²) in [5, 5.41) is 0. The summed E-state index contributed by atoms with van der Waals surface area (Å²) in [4.78, 5) is 12.2. The van der Waals surface area contributed by atoms with Crippen LogP contribution in [0.4, 0.5) is 0 Å². The molecule has 0 radical (unpaired) electrons. The monoisotopic (exact) mass is 241 g/mol. The van der Waals surface area contributed by atoms with Gasteiger partial charge in [-0.3, -0.25) is 4.79 Å². The summed E-state index contributed by atoms with van der Waals surface area (Å²) in [7, 11) is 0. The van der Waals surface area contributed by atoms with Crippen LogP contribution in [-0.2, 0) is 9.53 Å². The molecule has 17 heavy (non-hydrogen) atoms. The van der Waals surface area contributed by atoms with Crippen LogP contribution in [-0.4, -0.2) is 17.6 Å². The van der Waals surface area contributed by atoms with Crippen molar-refractivity contribution in [2.45, 2.75) is 71.9 Å². The first-order chi connectivity index (χ1) is 7.64. The fraction of sp³-hybridized carbons (Fsp3) is 0.929. The molecule has 0 atom stereocenters. The summed E-state index contributed by atoms with van der Waals surface area (Å²) in [6.07, 6.45) is 4.40. The second-order valence-electron chi connectivity index (χ2n) is 6.63. The zero-order valence-electron chi connectivity index (χ0n) is 11.9. The minimum Gasteiger partial charge on any atom is -0.462 e. The number of ether oxygens (including phenoxy) is 1. The van der Waals surface area contributed by atoms with E-state index in [0.717, 1.165) is 31.6 Å². The van der Waals surface area contributed by atoms with Crippen LogP contribution in [0, 0.1) is 11.3 Å². The number of carbonyl (C=O) groups is 1. The molecule has 0 aromatic rings. The summed E-state index contributed by atoms with van der Waals surface area (Å²) in [6.45, 7) is 9.72. The van der Waals surface area contributed by atoms with Gasteiger partial charge in [-0.1, -0.05) is 6.92 Å². The van der Waals surface area contributed by atoms with E-state index in [1.165, 1.54) is 0 Å². The number of esters is 1. The SMILES string of the molecule is CC1CCC(OC(=O)C(C)(C)C(C)(C)N)CC1. The highest BCUT2D eigenvalue weighted by molar-refractivity contribution is 5.77. The quantitative estimate of drug-likeness (QED) is 0.773. The normalized spacial score (nSPS) is 26.7. The van der Waals surface area contributed by atoms with Crippen molar-refractivity contribution in [3.63, 3.8) is 0 Å². The number of hydrogen-bond acceptors (Lipinski definition) is 3. The van der Waals surface area contributed by atoms with E-state index in [9.17, 15) is 4.79 Å². The highest BCUT2D eigenvalue weighted by Gasteiger charge is 2.42. The van der Waals surface area contributed by atoms with Crippen LogP contribution in [0.25, 0.3) is 0 Å².